The molecule has 0 aromatic heterocycles. The first kappa shape index (κ1) is 9.63. The number of amides is 1. The number of nitrogens with zero attached hydrogens (tertiary/aromatic N) is 1. The molecule has 0 atom stereocenters. The van der Waals surface area contributed by atoms with E-state index in [0.717, 1.165) is 0 Å². The van der Waals surface area contributed by atoms with Crippen LogP contribution in [-0.4, -0.2) is 21.2 Å². The van der Waals surface area contributed by atoms with Crippen molar-refractivity contribution in [2.75, 3.05) is 7.05 Å². The van der Waals surface area contributed by atoms with Crippen molar-refractivity contribution in [2.45, 2.75) is 3.79 Å². The van der Waals surface area contributed by atoms with E-state index < -0.39 is 9.70 Å². The molecule has 0 rings (SSSR count). The van der Waals surface area contributed by atoms with Crippen LogP contribution in [0.25, 0.3) is 0 Å². The molecular weight excluding hydrogens is 208 g/mol. The topological polar surface area (TPSA) is 20.3 Å². The van der Waals surface area contributed by atoms with Crippen molar-refractivity contribution in [3.8, 4) is 0 Å². The van der Waals surface area contributed by atoms with Crippen LogP contribution in [0.4, 0.5) is 0 Å². The minimum absolute atomic E-state index is 0.688. The standard InChI is InChI=1S/C3H3Cl4NO/c1-8(7)2(9)3(4,5)6/h1H3. The van der Waals surface area contributed by atoms with Gasteiger partial charge in [0.25, 0.3) is 9.70 Å². The zero-order valence-corrected chi connectivity index (χ0v) is 7.39. The number of hydrogen-bond acceptors (Lipinski definition) is 1. The van der Waals surface area contributed by atoms with E-state index in [2.05, 4.69) is 0 Å². The van der Waals surface area contributed by atoms with E-state index in [-0.39, 0.29) is 0 Å². The number of hydrogen-bond donors (Lipinski definition) is 0. The van der Waals surface area contributed by atoms with Crippen molar-refractivity contribution < 1.29 is 4.79 Å². The van der Waals surface area contributed by atoms with E-state index >= 15 is 0 Å². The highest BCUT2D eigenvalue weighted by Crippen LogP contribution is 2.28. The quantitative estimate of drug-likeness (QED) is 0.443. The van der Waals surface area contributed by atoms with E-state index in [4.69, 9.17) is 46.6 Å². The lowest BCUT2D eigenvalue weighted by Crippen LogP contribution is -2.29. The first-order valence-electron chi connectivity index (χ1n) is 1.86. The molecule has 0 N–H and O–H groups in total. The Bertz CT molecular complexity index is 117. The summed E-state index contributed by atoms with van der Waals surface area (Å²) in [5, 5.41) is 0. The highest BCUT2D eigenvalue weighted by Gasteiger charge is 2.32. The Balaban J connectivity index is 4.06. The highest BCUT2D eigenvalue weighted by molar-refractivity contribution is 6.76. The average molecular weight is 211 g/mol. The van der Waals surface area contributed by atoms with Gasteiger partial charge in [-0.05, 0) is 0 Å². The molecule has 54 valence electrons. The van der Waals surface area contributed by atoms with Crippen LogP contribution in [0.2, 0.25) is 0 Å². The Hall–Kier alpha value is 0.630. The van der Waals surface area contributed by atoms with Gasteiger partial charge in [0, 0.05) is 18.8 Å². The van der Waals surface area contributed by atoms with Crippen LogP contribution in [0.1, 0.15) is 0 Å². The second-order valence-corrected chi connectivity index (χ2v) is 4.07. The maximum atomic E-state index is 10.6. The highest BCUT2D eigenvalue weighted by atomic mass is 35.6. The van der Waals surface area contributed by atoms with Gasteiger partial charge < -0.3 is 0 Å². The van der Waals surface area contributed by atoms with Crippen LogP contribution in [0.15, 0.2) is 0 Å². The number of alkyl halides is 3. The molecule has 0 saturated heterocycles. The molecule has 0 heterocycles. The second-order valence-electron chi connectivity index (χ2n) is 1.28. The summed E-state index contributed by atoms with van der Waals surface area (Å²) in [4.78, 5) is 10.6. The van der Waals surface area contributed by atoms with Crippen molar-refractivity contribution in [1.29, 1.82) is 0 Å². The molecule has 9 heavy (non-hydrogen) atoms. The summed E-state index contributed by atoms with van der Waals surface area (Å²) in [5.74, 6) is -0.769. The Morgan fingerprint density at radius 3 is 1.78 bits per heavy atom. The van der Waals surface area contributed by atoms with Crippen LogP contribution < -0.4 is 0 Å². The molecule has 0 fully saturated rings. The Kier molecular flexibility index (Phi) is 3.37. The van der Waals surface area contributed by atoms with Gasteiger partial charge in [-0.3, -0.25) is 9.21 Å². The molecule has 0 aromatic rings. The summed E-state index contributed by atoms with van der Waals surface area (Å²) in [6.07, 6.45) is 0. The van der Waals surface area contributed by atoms with Gasteiger partial charge >= 0.3 is 0 Å². The Morgan fingerprint density at radius 1 is 1.44 bits per heavy atom. The summed E-state index contributed by atoms with van der Waals surface area (Å²) < 4.78 is -1.26. The third-order valence-electron chi connectivity index (χ3n) is 0.522. The van der Waals surface area contributed by atoms with Crippen molar-refractivity contribution in [3.05, 3.63) is 0 Å². The smallest absolute Gasteiger partial charge is 0.269 e. The third kappa shape index (κ3) is 3.36. The van der Waals surface area contributed by atoms with Gasteiger partial charge in [-0.1, -0.05) is 34.8 Å². The maximum Gasteiger partial charge on any atom is 0.288 e. The fourth-order valence-corrected chi connectivity index (χ4v) is 0.812. The molecule has 0 radical (unpaired) electrons. The zero-order chi connectivity index (χ0) is 7.65. The molecule has 6 heteroatoms. The largest absolute Gasteiger partial charge is 0.288 e. The van der Waals surface area contributed by atoms with Crippen molar-refractivity contribution >= 4 is 52.5 Å². The molecule has 0 aliphatic heterocycles. The van der Waals surface area contributed by atoms with Gasteiger partial charge in [-0.25, -0.2) is 0 Å². The average Bonchev–Trinajstić information content (AvgIpc) is 1.62. The number of rotatable bonds is 0. The fourth-order valence-electron chi connectivity index (χ4n) is 0.175. The van der Waals surface area contributed by atoms with Crippen LogP contribution >= 0.6 is 46.6 Å². The van der Waals surface area contributed by atoms with Gasteiger partial charge in [0.15, 0.2) is 0 Å². The van der Waals surface area contributed by atoms with E-state index in [1.165, 1.54) is 7.05 Å². The van der Waals surface area contributed by atoms with Crippen LogP contribution in [-0.2, 0) is 4.79 Å². The van der Waals surface area contributed by atoms with Gasteiger partial charge in [-0.2, -0.15) is 0 Å². The molecule has 0 saturated carbocycles. The fraction of sp³-hybridized carbons (Fsp3) is 0.667. The molecule has 1 amide bonds. The third-order valence-corrected chi connectivity index (χ3v) is 1.16. The van der Waals surface area contributed by atoms with Crippen LogP contribution in [0.5, 0.6) is 0 Å². The van der Waals surface area contributed by atoms with Gasteiger partial charge in [-0.15, -0.1) is 0 Å². The van der Waals surface area contributed by atoms with E-state index in [9.17, 15) is 4.79 Å². The SMILES string of the molecule is CN(Cl)C(=O)C(Cl)(Cl)Cl. The predicted molar refractivity (Wildman–Crippen MR) is 38.9 cm³/mol. The maximum absolute atomic E-state index is 10.6. The summed E-state index contributed by atoms with van der Waals surface area (Å²) in [7, 11) is 1.28. The van der Waals surface area contributed by atoms with Crippen molar-refractivity contribution in [1.82, 2.24) is 4.42 Å². The first-order valence-corrected chi connectivity index (χ1v) is 3.33. The summed E-state index contributed by atoms with van der Waals surface area (Å²) in [6.45, 7) is 0. The lowest BCUT2D eigenvalue weighted by molar-refractivity contribution is -0.124. The summed E-state index contributed by atoms with van der Waals surface area (Å²) >= 11 is 20.5. The molecule has 0 unspecified atom stereocenters. The molecule has 2 nitrogen and oxygen atoms in total. The lowest BCUT2D eigenvalue weighted by atomic mass is 10.7. The lowest BCUT2D eigenvalue weighted by Gasteiger charge is -2.12. The molecule has 0 aliphatic rings. The molecule has 0 spiro atoms. The zero-order valence-electron chi connectivity index (χ0n) is 4.37. The van der Waals surface area contributed by atoms with Crippen molar-refractivity contribution in [3.63, 3.8) is 0 Å². The summed E-state index contributed by atoms with van der Waals surface area (Å²) in [6, 6.07) is 0. The van der Waals surface area contributed by atoms with E-state index in [0.29, 0.717) is 4.42 Å². The second kappa shape index (κ2) is 3.15. The Morgan fingerprint density at radius 2 is 1.78 bits per heavy atom. The van der Waals surface area contributed by atoms with E-state index in [1.54, 1.807) is 0 Å². The molecule has 0 aromatic carbocycles. The predicted octanol–water partition coefficient (Wildman–Crippen LogP) is 1.97. The van der Waals surface area contributed by atoms with Gasteiger partial charge in [0.2, 0.25) is 0 Å². The monoisotopic (exact) mass is 209 g/mol. The van der Waals surface area contributed by atoms with Crippen LogP contribution in [0.3, 0.4) is 0 Å². The molecule has 0 aliphatic carbocycles. The number of halogens is 4. The number of carbonyl (C=O) groups excluding carboxylic acids is 1. The molecule has 0 bridgehead atoms. The minimum Gasteiger partial charge on any atom is -0.269 e. The van der Waals surface area contributed by atoms with Crippen LogP contribution in [0, 0.1) is 0 Å². The first-order chi connectivity index (χ1) is 3.85. The normalized spacial score (nSPS) is 11.2. The molecular formula is C3H3Cl4NO. The summed E-state index contributed by atoms with van der Waals surface area (Å²) in [5.41, 5.74) is 0. The minimum atomic E-state index is -1.95. The van der Waals surface area contributed by atoms with E-state index in [1.807, 2.05) is 0 Å². The number of carbonyl (C=O) groups is 1. The Labute approximate surface area is 72.7 Å². The van der Waals surface area contributed by atoms with Gasteiger partial charge in [0.1, 0.15) is 0 Å². The van der Waals surface area contributed by atoms with Crippen molar-refractivity contribution in [2.24, 2.45) is 0 Å². The van der Waals surface area contributed by atoms with Gasteiger partial charge in [0.05, 0.1) is 0 Å².